The molecule has 0 aromatic heterocycles. The van der Waals surface area contributed by atoms with Crippen molar-refractivity contribution in [3.8, 4) is 5.75 Å². The molecule has 4 heteroatoms. The second-order valence-corrected chi connectivity index (χ2v) is 3.29. The van der Waals surface area contributed by atoms with Gasteiger partial charge in [-0.3, -0.25) is 0 Å². The number of alkyl halides is 3. The lowest BCUT2D eigenvalue weighted by molar-refractivity contribution is -0.0803. The van der Waals surface area contributed by atoms with Crippen molar-refractivity contribution in [2.75, 3.05) is 0 Å². The number of rotatable bonds is 2. The lowest BCUT2D eigenvalue weighted by atomic mass is 10.2. The molecule has 12 heavy (non-hydrogen) atoms. The monoisotopic (exact) mass is 236 g/mol. The van der Waals surface area contributed by atoms with E-state index in [1.165, 1.54) is 12.1 Å². The fourth-order valence-corrected chi connectivity index (χ4v) is 0.999. The SMILES string of the molecule is Cc1cccc(OC(F)(F)Br)c1. The Bertz CT molecular complexity index is 270. The standard InChI is InChI=1S/C8H7BrF2O/c1-6-3-2-4-7(5-6)12-8(9,10)11/h2-5H,1H3. The van der Waals surface area contributed by atoms with E-state index in [1.54, 1.807) is 19.1 Å². The van der Waals surface area contributed by atoms with Crippen LogP contribution in [0, 0.1) is 6.92 Å². The van der Waals surface area contributed by atoms with Gasteiger partial charge in [-0.15, -0.1) is 0 Å². The van der Waals surface area contributed by atoms with Gasteiger partial charge < -0.3 is 4.74 Å². The number of hydrogen-bond acceptors (Lipinski definition) is 1. The molecule has 0 aliphatic rings. The zero-order valence-electron chi connectivity index (χ0n) is 6.35. The number of benzene rings is 1. The van der Waals surface area contributed by atoms with Gasteiger partial charge in [0.2, 0.25) is 0 Å². The average molecular weight is 237 g/mol. The maximum atomic E-state index is 12.2. The maximum Gasteiger partial charge on any atom is 0.459 e. The molecule has 1 nitrogen and oxygen atoms in total. The lowest BCUT2D eigenvalue weighted by Crippen LogP contribution is -2.14. The second-order valence-electron chi connectivity index (χ2n) is 2.36. The molecule has 0 unspecified atom stereocenters. The molecule has 1 rings (SSSR count). The molecule has 0 amide bonds. The van der Waals surface area contributed by atoms with E-state index >= 15 is 0 Å². The number of aryl methyl sites for hydroxylation is 1. The highest BCUT2D eigenvalue weighted by Gasteiger charge is 2.26. The van der Waals surface area contributed by atoms with Crippen molar-refractivity contribution in [3.63, 3.8) is 0 Å². The van der Waals surface area contributed by atoms with Crippen LogP contribution in [0.1, 0.15) is 5.56 Å². The molecule has 0 bridgehead atoms. The first-order valence-corrected chi connectivity index (χ1v) is 4.09. The van der Waals surface area contributed by atoms with E-state index in [1.807, 2.05) is 0 Å². The molecular formula is C8H7BrF2O. The Morgan fingerprint density at radius 2 is 2.08 bits per heavy atom. The van der Waals surface area contributed by atoms with Crippen LogP contribution in [-0.4, -0.2) is 5.02 Å². The van der Waals surface area contributed by atoms with Crippen LogP contribution in [0.4, 0.5) is 8.78 Å². The first kappa shape index (κ1) is 9.45. The van der Waals surface area contributed by atoms with Gasteiger partial charge in [0.15, 0.2) is 0 Å². The van der Waals surface area contributed by atoms with E-state index in [-0.39, 0.29) is 5.75 Å². The van der Waals surface area contributed by atoms with Crippen LogP contribution in [0.3, 0.4) is 0 Å². The maximum absolute atomic E-state index is 12.2. The normalized spacial score (nSPS) is 11.3. The van der Waals surface area contributed by atoms with Gasteiger partial charge in [0.05, 0.1) is 0 Å². The molecule has 66 valence electrons. The lowest BCUT2D eigenvalue weighted by Gasteiger charge is -2.10. The molecule has 0 N–H and O–H groups in total. The largest absolute Gasteiger partial charge is 0.459 e. The van der Waals surface area contributed by atoms with E-state index < -0.39 is 5.02 Å². The molecule has 0 spiro atoms. The van der Waals surface area contributed by atoms with Gasteiger partial charge in [-0.2, -0.15) is 8.78 Å². The molecule has 1 aromatic rings. The van der Waals surface area contributed by atoms with Crippen LogP contribution in [-0.2, 0) is 0 Å². The van der Waals surface area contributed by atoms with Crippen molar-refractivity contribution >= 4 is 15.9 Å². The predicted molar refractivity (Wildman–Crippen MR) is 45.7 cm³/mol. The van der Waals surface area contributed by atoms with Gasteiger partial charge in [0, 0.05) is 15.9 Å². The summed E-state index contributed by atoms with van der Waals surface area (Å²) in [5, 5.41) is -3.29. The first-order chi connectivity index (χ1) is 5.47. The molecule has 1 aromatic carbocycles. The molecule has 0 heterocycles. The minimum absolute atomic E-state index is 0.150. The summed E-state index contributed by atoms with van der Waals surface area (Å²) >= 11 is 2.08. The number of hydrogen-bond donors (Lipinski definition) is 0. The molecule has 0 saturated carbocycles. The van der Waals surface area contributed by atoms with E-state index in [2.05, 4.69) is 20.7 Å². The summed E-state index contributed by atoms with van der Waals surface area (Å²) in [7, 11) is 0. The highest BCUT2D eigenvalue weighted by atomic mass is 79.9. The summed E-state index contributed by atoms with van der Waals surface area (Å²) in [6, 6.07) is 6.47. The van der Waals surface area contributed by atoms with E-state index in [0.29, 0.717) is 0 Å². The Balaban J connectivity index is 2.77. The summed E-state index contributed by atoms with van der Waals surface area (Å²) in [5.41, 5.74) is 0.879. The van der Waals surface area contributed by atoms with E-state index in [0.717, 1.165) is 5.56 Å². The third-order valence-corrected chi connectivity index (χ3v) is 1.38. The highest BCUT2D eigenvalue weighted by Crippen LogP contribution is 2.26. The Kier molecular flexibility index (Phi) is 2.67. The quantitative estimate of drug-likeness (QED) is 0.717. The minimum atomic E-state index is -3.29. The second kappa shape index (κ2) is 3.39. The highest BCUT2D eigenvalue weighted by molar-refractivity contribution is 9.09. The van der Waals surface area contributed by atoms with Crippen LogP contribution in [0.5, 0.6) is 5.75 Å². The van der Waals surface area contributed by atoms with Crippen LogP contribution in [0.25, 0.3) is 0 Å². The molecule has 0 aliphatic heterocycles. The van der Waals surface area contributed by atoms with Crippen molar-refractivity contribution in [2.45, 2.75) is 11.9 Å². The zero-order chi connectivity index (χ0) is 9.19. The predicted octanol–water partition coefficient (Wildman–Crippen LogP) is 3.32. The summed E-state index contributed by atoms with van der Waals surface area (Å²) in [5.74, 6) is 0.150. The van der Waals surface area contributed by atoms with E-state index in [4.69, 9.17) is 0 Å². The minimum Gasteiger partial charge on any atom is -0.424 e. The molecule has 0 saturated heterocycles. The van der Waals surface area contributed by atoms with Crippen LogP contribution < -0.4 is 4.74 Å². The van der Waals surface area contributed by atoms with Crippen molar-refractivity contribution in [1.29, 1.82) is 0 Å². The van der Waals surface area contributed by atoms with E-state index in [9.17, 15) is 8.78 Å². The van der Waals surface area contributed by atoms with Crippen LogP contribution in [0.2, 0.25) is 0 Å². The van der Waals surface area contributed by atoms with Gasteiger partial charge >= 0.3 is 5.02 Å². The first-order valence-electron chi connectivity index (χ1n) is 3.30. The van der Waals surface area contributed by atoms with Crippen LogP contribution >= 0.6 is 15.9 Å². The van der Waals surface area contributed by atoms with Gasteiger partial charge in [0.25, 0.3) is 0 Å². The zero-order valence-corrected chi connectivity index (χ0v) is 7.94. The molecule has 0 atom stereocenters. The Labute approximate surface area is 77.5 Å². The third kappa shape index (κ3) is 3.17. The van der Waals surface area contributed by atoms with Gasteiger partial charge in [-0.05, 0) is 24.6 Å². The fourth-order valence-electron chi connectivity index (χ4n) is 0.812. The molecule has 0 aliphatic carbocycles. The number of halogens is 3. The molecular weight excluding hydrogens is 230 g/mol. The summed E-state index contributed by atoms with van der Waals surface area (Å²) in [4.78, 5) is 0. The van der Waals surface area contributed by atoms with Gasteiger partial charge in [0.1, 0.15) is 5.75 Å². The Morgan fingerprint density at radius 3 is 2.58 bits per heavy atom. The Hall–Kier alpha value is -0.640. The van der Waals surface area contributed by atoms with Crippen LogP contribution in [0.15, 0.2) is 24.3 Å². The third-order valence-electron chi connectivity index (χ3n) is 1.22. The Morgan fingerprint density at radius 1 is 1.42 bits per heavy atom. The molecule has 0 fully saturated rings. The van der Waals surface area contributed by atoms with Crippen molar-refractivity contribution in [3.05, 3.63) is 29.8 Å². The van der Waals surface area contributed by atoms with Gasteiger partial charge in [-0.1, -0.05) is 12.1 Å². The summed E-state index contributed by atoms with van der Waals surface area (Å²) in [6.45, 7) is 1.80. The van der Waals surface area contributed by atoms with Gasteiger partial charge in [-0.25, -0.2) is 0 Å². The van der Waals surface area contributed by atoms with Crippen molar-refractivity contribution in [2.24, 2.45) is 0 Å². The summed E-state index contributed by atoms with van der Waals surface area (Å²) < 4.78 is 28.7. The van der Waals surface area contributed by atoms with Crippen molar-refractivity contribution in [1.82, 2.24) is 0 Å². The van der Waals surface area contributed by atoms with Crippen molar-refractivity contribution < 1.29 is 13.5 Å². The molecule has 0 radical (unpaired) electrons. The fraction of sp³-hybridized carbons (Fsp3) is 0.250. The number of ether oxygens (including phenoxy) is 1. The average Bonchev–Trinajstić information content (AvgIpc) is 1.82. The summed E-state index contributed by atoms with van der Waals surface area (Å²) in [6.07, 6.45) is 0. The smallest absolute Gasteiger partial charge is 0.424 e. The topological polar surface area (TPSA) is 9.23 Å².